The molecule has 166 valence electrons. The first-order valence-corrected chi connectivity index (χ1v) is 9.81. The highest BCUT2D eigenvalue weighted by Crippen LogP contribution is 2.36. The average molecular weight is 431 g/mol. The van der Waals surface area contributed by atoms with E-state index in [1.165, 1.54) is 0 Å². The SMILES string of the molecule is COc1ccc(Cc2c[nH]c3cccc(O[C@]4(O)[C@@H](O)O[C@H](CO)[C@@H](O)[C@@H]4O)c23)cc1. The van der Waals surface area contributed by atoms with Crippen molar-refractivity contribution in [3.05, 3.63) is 59.8 Å². The number of aromatic amines is 1. The van der Waals surface area contributed by atoms with E-state index in [0.29, 0.717) is 11.8 Å². The van der Waals surface area contributed by atoms with E-state index in [2.05, 4.69) is 4.98 Å². The van der Waals surface area contributed by atoms with Gasteiger partial charge >= 0.3 is 0 Å². The van der Waals surface area contributed by atoms with Gasteiger partial charge in [-0.05, 0) is 41.8 Å². The maximum atomic E-state index is 10.9. The number of rotatable bonds is 6. The molecule has 0 radical (unpaired) electrons. The Balaban J connectivity index is 1.67. The molecule has 9 nitrogen and oxygen atoms in total. The molecule has 1 fully saturated rings. The van der Waals surface area contributed by atoms with E-state index in [4.69, 9.17) is 14.2 Å². The van der Waals surface area contributed by atoms with Crippen LogP contribution < -0.4 is 9.47 Å². The van der Waals surface area contributed by atoms with E-state index in [0.717, 1.165) is 22.4 Å². The Morgan fingerprint density at radius 2 is 1.84 bits per heavy atom. The molecule has 31 heavy (non-hydrogen) atoms. The Bertz CT molecular complexity index is 1040. The summed E-state index contributed by atoms with van der Waals surface area (Å²) in [5.74, 6) is -1.72. The van der Waals surface area contributed by atoms with E-state index in [-0.39, 0.29) is 5.75 Å². The molecule has 2 heterocycles. The summed E-state index contributed by atoms with van der Waals surface area (Å²) in [5, 5.41) is 51.5. The third kappa shape index (κ3) is 3.87. The minimum absolute atomic E-state index is 0.182. The molecule has 0 amide bonds. The summed E-state index contributed by atoms with van der Waals surface area (Å²) < 4.78 is 15.9. The van der Waals surface area contributed by atoms with Gasteiger partial charge in [0.1, 0.15) is 23.7 Å². The summed E-state index contributed by atoms with van der Waals surface area (Å²) in [6.45, 7) is -0.648. The molecule has 1 aliphatic rings. The largest absolute Gasteiger partial charge is 0.497 e. The number of aromatic nitrogens is 1. The van der Waals surface area contributed by atoms with Crippen LogP contribution in [-0.2, 0) is 11.2 Å². The van der Waals surface area contributed by atoms with Crippen LogP contribution in [0.25, 0.3) is 10.9 Å². The van der Waals surface area contributed by atoms with E-state index in [9.17, 15) is 25.5 Å². The lowest BCUT2D eigenvalue weighted by Crippen LogP contribution is -2.69. The Hall–Kier alpha value is -2.66. The summed E-state index contributed by atoms with van der Waals surface area (Å²) >= 11 is 0. The first kappa shape index (κ1) is 21.6. The van der Waals surface area contributed by atoms with Gasteiger partial charge in [0.2, 0.25) is 6.29 Å². The van der Waals surface area contributed by atoms with E-state index in [1.54, 1.807) is 19.2 Å². The predicted octanol–water partition coefficient (Wildman–Crippen LogP) is 0.266. The zero-order chi connectivity index (χ0) is 22.2. The van der Waals surface area contributed by atoms with E-state index >= 15 is 0 Å². The van der Waals surface area contributed by atoms with Crippen LogP contribution in [0.1, 0.15) is 11.1 Å². The van der Waals surface area contributed by atoms with E-state index in [1.807, 2.05) is 36.5 Å². The third-order valence-electron chi connectivity index (χ3n) is 5.54. The molecule has 1 saturated heterocycles. The van der Waals surface area contributed by atoms with Gasteiger partial charge in [0, 0.05) is 17.1 Å². The molecular weight excluding hydrogens is 406 g/mol. The summed E-state index contributed by atoms with van der Waals surface area (Å²) in [4.78, 5) is 3.14. The molecular formula is C22H25NO8. The fourth-order valence-corrected chi connectivity index (χ4v) is 3.78. The van der Waals surface area contributed by atoms with Crippen LogP contribution in [0.2, 0.25) is 0 Å². The molecule has 0 unspecified atom stereocenters. The summed E-state index contributed by atoms with van der Waals surface area (Å²) in [6, 6.07) is 12.7. The van der Waals surface area contributed by atoms with Crippen LogP contribution in [0.15, 0.2) is 48.7 Å². The zero-order valence-electron chi connectivity index (χ0n) is 16.8. The topological polar surface area (TPSA) is 145 Å². The van der Waals surface area contributed by atoms with Crippen LogP contribution in [0.3, 0.4) is 0 Å². The number of benzene rings is 2. The Labute approximate surface area is 178 Å². The predicted molar refractivity (Wildman–Crippen MR) is 110 cm³/mol. The molecule has 2 aromatic carbocycles. The number of H-pyrrole nitrogens is 1. The smallest absolute Gasteiger partial charge is 0.288 e. The van der Waals surface area contributed by atoms with Gasteiger partial charge in [0.25, 0.3) is 5.79 Å². The lowest BCUT2D eigenvalue weighted by Gasteiger charge is -2.45. The summed E-state index contributed by atoms with van der Waals surface area (Å²) in [7, 11) is 1.60. The number of methoxy groups -OCH3 is 1. The van der Waals surface area contributed by atoms with Crippen molar-refractivity contribution in [2.75, 3.05) is 13.7 Å². The number of hydrogen-bond donors (Lipinski definition) is 6. The van der Waals surface area contributed by atoms with Gasteiger partial charge in [-0.3, -0.25) is 0 Å². The van der Waals surface area contributed by atoms with Gasteiger partial charge in [-0.1, -0.05) is 18.2 Å². The summed E-state index contributed by atoms with van der Waals surface area (Å²) in [6.07, 6.45) is -4.49. The fraction of sp³-hybridized carbons (Fsp3) is 0.364. The second kappa shape index (κ2) is 8.46. The number of hydrogen-bond acceptors (Lipinski definition) is 8. The number of aliphatic hydroxyl groups excluding tert-OH is 4. The van der Waals surface area contributed by atoms with Crippen molar-refractivity contribution in [1.29, 1.82) is 0 Å². The minimum Gasteiger partial charge on any atom is -0.497 e. The highest BCUT2D eigenvalue weighted by atomic mass is 16.7. The second-order valence-corrected chi connectivity index (χ2v) is 7.52. The lowest BCUT2D eigenvalue weighted by atomic mass is 9.95. The van der Waals surface area contributed by atoms with Gasteiger partial charge in [-0.25, -0.2) is 0 Å². The Morgan fingerprint density at radius 3 is 2.52 bits per heavy atom. The monoisotopic (exact) mass is 431 g/mol. The summed E-state index contributed by atoms with van der Waals surface area (Å²) in [5.41, 5.74) is 2.59. The molecule has 0 aliphatic carbocycles. The van der Waals surface area contributed by atoms with Crippen LogP contribution in [-0.4, -0.2) is 74.6 Å². The first-order chi connectivity index (χ1) is 14.9. The van der Waals surface area contributed by atoms with Crippen molar-refractivity contribution < 1.29 is 39.7 Å². The van der Waals surface area contributed by atoms with Crippen molar-refractivity contribution in [3.63, 3.8) is 0 Å². The quantitative estimate of drug-likeness (QED) is 0.305. The van der Waals surface area contributed by atoms with Crippen LogP contribution in [0.5, 0.6) is 11.5 Å². The number of aliphatic hydroxyl groups is 5. The van der Waals surface area contributed by atoms with Crippen molar-refractivity contribution >= 4 is 10.9 Å². The van der Waals surface area contributed by atoms with Gasteiger partial charge in [-0.15, -0.1) is 0 Å². The van der Waals surface area contributed by atoms with E-state index < -0.39 is 37.0 Å². The third-order valence-corrected chi connectivity index (χ3v) is 5.54. The van der Waals surface area contributed by atoms with Crippen molar-refractivity contribution in [2.45, 2.75) is 36.8 Å². The Morgan fingerprint density at radius 1 is 1.10 bits per heavy atom. The molecule has 0 saturated carbocycles. The number of nitrogens with one attached hydrogen (secondary N) is 1. The van der Waals surface area contributed by atoms with Crippen molar-refractivity contribution in [2.24, 2.45) is 0 Å². The molecule has 0 bridgehead atoms. The normalized spacial score (nSPS) is 28.6. The maximum Gasteiger partial charge on any atom is 0.288 e. The zero-order valence-corrected chi connectivity index (χ0v) is 16.8. The highest BCUT2D eigenvalue weighted by Gasteiger charge is 2.57. The standard InChI is InChI=1S/C22H25NO8/c1-29-14-7-5-12(6-8-14)9-13-10-23-15-3-2-4-16(18(13)15)31-22(28)20(26)19(25)17(11-24)30-21(22)27/h2-8,10,17,19-21,23-28H,9,11H2,1H3/t17-,19-,20+,21+,22+/m1/s1. The van der Waals surface area contributed by atoms with Crippen LogP contribution in [0, 0.1) is 0 Å². The number of fused-ring (bicyclic) bond motifs is 1. The van der Waals surface area contributed by atoms with Gasteiger partial charge in [-0.2, -0.15) is 0 Å². The van der Waals surface area contributed by atoms with Gasteiger partial charge < -0.3 is 44.7 Å². The fourth-order valence-electron chi connectivity index (χ4n) is 3.78. The van der Waals surface area contributed by atoms with Gasteiger partial charge in [0.15, 0.2) is 6.10 Å². The molecule has 0 spiro atoms. The molecule has 5 atom stereocenters. The van der Waals surface area contributed by atoms with Crippen LogP contribution >= 0.6 is 0 Å². The minimum atomic E-state index is -2.64. The van der Waals surface area contributed by atoms with Crippen molar-refractivity contribution in [1.82, 2.24) is 4.98 Å². The first-order valence-electron chi connectivity index (χ1n) is 9.81. The van der Waals surface area contributed by atoms with Crippen molar-refractivity contribution in [3.8, 4) is 11.5 Å². The molecule has 1 aliphatic heterocycles. The Kier molecular flexibility index (Phi) is 5.89. The molecule has 6 N–H and O–H groups in total. The molecule has 9 heteroatoms. The van der Waals surface area contributed by atoms with Gasteiger partial charge in [0.05, 0.1) is 13.7 Å². The maximum absolute atomic E-state index is 10.9. The average Bonchev–Trinajstić information content (AvgIpc) is 3.19. The second-order valence-electron chi connectivity index (χ2n) is 7.52. The lowest BCUT2D eigenvalue weighted by molar-refractivity contribution is -0.385. The number of ether oxygens (including phenoxy) is 3. The molecule has 3 aromatic rings. The molecule has 4 rings (SSSR count). The highest BCUT2D eigenvalue weighted by molar-refractivity contribution is 5.89. The molecule has 1 aromatic heterocycles. The van der Waals surface area contributed by atoms with Crippen LogP contribution in [0.4, 0.5) is 0 Å².